The van der Waals surface area contributed by atoms with Gasteiger partial charge >= 0.3 is 0 Å². The predicted molar refractivity (Wildman–Crippen MR) is 56.3 cm³/mol. The highest BCUT2D eigenvalue weighted by Crippen LogP contribution is 2.26. The Labute approximate surface area is 86.2 Å². The molecule has 0 spiro atoms. The first kappa shape index (κ1) is 9.03. The van der Waals surface area contributed by atoms with Crippen LogP contribution in [0.2, 0.25) is 0 Å². The Morgan fingerprint density at radius 1 is 1.46 bits per heavy atom. The van der Waals surface area contributed by atoms with E-state index in [9.17, 15) is 0 Å². The van der Waals surface area contributed by atoms with Crippen LogP contribution >= 0.6 is 15.9 Å². The van der Waals surface area contributed by atoms with Gasteiger partial charge in [-0.25, -0.2) is 0 Å². The second-order valence-corrected chi connectivity index (χ2v) is 3.93. The highest BCUT2D eigenvalue weighted by molar-refractivity contribution is 9.09. The van der Waals surface area contributed by atoms with Gasteiger partial charge in [-0.15, -0.1) is 0 Å². The van der Waals surface area contributed by atoms with E-state index in [4.69, 9.17) is 10.5 Å². The van der Waals surface area contributed by atoms with Gasteiger partial charge in [0, 0.05) is 11.4 Å². The van der Waals surface area contributed by atoms with Crippen molar-refractivity contribution in [1.29, 1.82) is 0 Å². The van der Waals surface area contributed by atoms with Gasteiger partial charge in [-0.1, -0.05) is 34.1 Å². The fourth-order valence-electron chi connectivity index (χ4n) is 1.57. The lowest BCUT2D eigenvalue weighted by Crippen LogP contribution is -2.44. The van der Waals surface area contributed by atoms with Crippen LogP contribution in [0.25, 0.3) is 0 Å². The lowest BCUT2D eigenvalue weighted by molar-refractivity contribution is 0.174. The Morgan fingerprint density at radius 3 is 3.00 bits per heavy atom. The smallest absolute Gasteiger partial charge is 0.124 e. The third kappa shape index (κ3) is 1.71. The van der Waals surface area contributed by atoms with Crippen molar-refractivity contribution in [3.63, 3.8) is 0 Å². The van der Waals surface area contributed by atoms with Crippen molar-refractivity contribution in [2.75, 3.05) is 5.33 Å². The van der Waals surface area contributed by atoms with E-state index in [1.807, 2.05) is 18.2 Å². The van der Waals surface area contributed by atoms with Crippen LogP contribution in [0.5, 0.6) is 5.75 Å². The molecule has 2 rings (SSSR count). The first-order valence-corrected chi connectivity index (χ1v) is 5.49. The zero-order valence-electron chi connectivity index (χ0n) is 7.24. The molecular weight excluding hydrogens is 230 g/mol. The molecule has 1 heterocycles. The third-order valence-electron chi connectivity index (χ3n) is 2.34. The summed E-state index contributed by atoms with van der Waals surface area (Å²) in [7, 11) is 0. The van der Waals surface area contributed by atoms with E-state index >= 15 is 0 Å². The van der Waals surface area contributed by atoms with Gasteiger partial charge in [0.25, 0.3) is 0 Å². The summed E-state index contributed by atoms with van der Waals surface area (Å²) in [6, 6.07) is 8.18. The minimum Gasteiger partial charge on any atom is -0.488 e. The second-order valence-electron chi connectivity index (χ2n) is 3.29. The van der Waals surface area contributed by atoms with Crippen LogP contribution in [0.4, 0.5) is 0 Å². The number of rotatable bonds is 1. The molecule has 1 aliphatic heterocycles. The molecule has 0 saturated carbocycles. The molecule has 0 saturated heterocycles. The maximum Gasteiger partial charge on any atom is 0.124 e. The molecule has 1 aromatic carbocycles. The van der Waals surface area contributed by atoms with Crippen LogP contribution in [-0.4, -0.2) is 17.5 Å². The SMILES string of the molecule is NC1Cc2ccccc2OC1CBr. The zero-order valence-corrected chi connectivity index (χ0v) is 8.83. The van der Waals surface area contributed by atoms with Gasteiger partial charge in [-0.05, 0) is 18.1 Å². The summed E-state index contributed by atoms with van der Waals surface area (Å²) < 4.78 is 5.72. The van der Waals surface area contributed by atoms with E-state index in [1.54, 1.807) is 0 Å². The molecular formula is C10H12BrNO. The van der Waals surface area contributed by atoms with E-state index < -0.39 is 0 Å². The van der Waals surface area contributed by atoms with Crippen LogP contribution in [0.3, 0.4) is 0 Å². The van der Waals surface area contributed by atoms with Crippen molar-refractivity contribution in [1.82, 2.24) is 0 Å². The lowest BCUT2D eigenvalue weighted by Gasteiger charge is -2.30. The number of ether oxygens (including phenoxy) is 1. The standard InChI is InChI=1S/C10H12BrNO/c11-6-10-8(12)5-7-3-1-2-4-9(7)13-10/h1-4,8,10H,5-6,12H2. The molecule has 3 heteroatoms. The molecule has 2 N–H and O–H groups in total. The number of nitrogens with two attached hydrogens (primary N) is 1. The molecule has 0 aliphatic carbocycles. The Hall–Kier alpha value is -0.540. The number of fused-ring (bicyclic) bond motifs is 1. The van der Waals surface area contributed by atoms with Gasteiger partial charge < -0.3 is 10.5 Å². The van der Waals surface area contributed by atoms with Gasteiger partial charge in [0.2, 0.25) is 0 Å². The van der Waals surface area contributed by atoms with Gasteiger partial charge in [0.15, 0.2) is 0 Å². The minimum absolute atomic E-state index is 0.106. The van der Waals surface area contributed by atoms with Crippen LogP contribution in [0.15, 0.2) is 24.3 Å². The Balaban J connectivity index is 2.27. The van der Waals surface area contributed by atoms with Gasteiger partial charge in [0.05, 0.1) is 0 Å². The van der Waals surface area contributed by atoms with Crippen LogP contribution in [0.1, 0.15) is 5.56 Å². The highest BCUT2D eigenvalue weighted by Gasteiger charge is 2.25. The molecule has 0 bridgehead atoms. The summed E-state index contributed by atoms with van der Waals surface area (Å²) in [5, 5.41) is 0.794. The largest absolute Gasteiger partial charge is 0.488 e. The van der Waals surface area contributed by atoms with E-state index in [0.29, 0.717) is 0 Å². The van der Waals surface area contributed by atoms with Crippen LogP contribution in [-0.2, 0) is 6.42 Å². The maximum atomic E-state index is 5.95. The summed E-state index contributed by atoms with van der Waals surface area (Å²) in [6.07, 6.45) is 1.02. The van der Waals surface area contributed by atoms with Crippen molar-refractivity contribution in [2.45, 2.75) is 18.6 Å². The summed E-state index contributed by atoms with van der Waals surface area (Å²) in [5.74, 6) is 0.980. The highest BCUT2D eigenvalue weighted by atomic mass is 79.9. The zero-order chi connectivity index (χ0) is 9.26. The molecule has 0 fully saturated rings. The van der Waals surface area contributed by atoms with E-state index in [1.165, 1.54) is 5.56 Å². The predicted octanol–water partition coefficient (Wildman–Crippen LogP) is 1.71. The summed E-state index contributed by atoms with van der Waals surface area (Å²) in [6.45, 7) is 0. The van der Waals surface area contributed by atoms with Gasteiger partial charge in [-0.3, -0.25) is 0 Å². The van der Waals surface area contributed by atoms with Crippen molar-refractivity contribution in [3.05, 3.63) is 29.8 Å². The summed E-state index contributed by atoms with van der Waals surface area (Å²) >= 11 is 3.40. The first-order chi connectivity index (χ1) is 6.31. The summed E-state index contributed by atoms with van der Waals surface area (Å²) in [5.41, 5.74) is 7.16. The average Bonchev–Trinajstić information content (AvgIpc) is 2.17. The Bertz CT molecular complexity index is 303. The molecule has 0 amide bonds. The molecule has 1 aromatic rings. The topological polar surface area (TPSA) is 35.2 Å². The van der Waals surface area contributed by atoms with Crippen molar-refractivity contribution in [3.8, 4) is 5.75 Å². The maximum absolute atomic E-state index is 5.95. The molecule has 13 heavy (non-hydrogen) atoms. The third-order valence-corrected chi connectivity index (χ3v) is 2.97. The second kappa shape index (κ2) is 3.68. The Kier molecular flexibility index (Phi) is 2.56. The fourth-order valence-corrected chi connectivity index (χ4v) is 2.18. The number of benzene rings is 1. The quantitative estimate of drug-likeness (QED) is 0.761. The van der Waals surface area contributed by atoms with E-state index in [2.05, 4.69) is 22.0 Å². The molecule has 2 unspecified atom stereocenters. The average molecular weight is 242 g/mol. The molecule has 70 valence electrons. The van der Waals surface area contributed by atoms with Gasteiger partial charge in [0.1, 0.15) is 11.9 Å². The molecule has 2 atom stereocenters. The van der Waals surface area contributed by atoms with Gasteiger partial charge in [-0.2, -0.15) is 0 Å². The number of para-hydroxylation sites is 1. The van der Waals surface area contributed by atoms with E-state index in [-0.39, 0.29) is 12.1 Å². The number of halogens is 1. The van der Waals surface area contributed by atoms with Crippen molar-refractivity contribution < 1.29 is 4.74 Å². The monoisotopic (exact) mass is 241 g/mol. The normalized spacial score (nSPS) is 26.3. The van der Waals surface area contributed by atoms with Crippen molar-refractivity contribution >= 4 is 15.9 Å². The first-order valence-electron chi connectivity index (χ1n) is 4.37. The molecule has 0 aromatic heterocycles. The molecule has 2 nitrogen and oxygen atoms in total. The summed E-state index contributed by atoms with van der Waals surface area (Å²) in [4.78, 5) is 0. The minimum atomic E-state index is 0.106. The molecule has 0 radical (unpaired) electrons. The van der Waals surface area contributed by atoms with Crippen LogP contribution < -0.4 is 10.5 Å². The number of hydrogen-bond donors (Lipinski definition) is 1. The number of alkyl halides is 1. The fraction of sp³-hybridized carbons (Fsp3) is 0.400. The lowest BCUT2D eigenvalue weighted by atomic mass is 9.99. The Morgan fingerprint density at radius 2 is 2.23 bits per heavy atom. The van der Waals surface area contributed by atoms with Crippen molar-refractivity contribution in [2.24, 2.45) is 5.73 Å². The van der Waals surface area contributed by atoms with Crippen LogP contribution in [0, 0.1) is 0 Å². The molecule has 1 aliphatic rings. The van der Waals surface area contributed by atoms with E-state index in [0.717, 1.165) is 17.5 Å². The number of hydrogen-bond acceptors (Lipinski definition) is 2.